The van der Waals surface area contributed by atoms with E-state index < -0.39 is 43.7 Å². The van der Waals surface area contributed by atoms with Gasteiger partial charge in [-0.2, -0.15) is 26.7 Å². The number of piperidine rings is 1. The Labute approximate surface area is 186 Å². The minimum Gasteiger partial charge on any atom is -0.444 e. The molecule has 1 aromatic carbocycles. The van der Waals surface area contributed by atoms with Gasteiger partial charge < -0.3 is 13.8 Å². The number of amides is 1. The van der Waals surface area contributed by atoms with Crippen molar-refractivity contribution in [3.05, 3.63) is 28.4 Å². The number of alkyl halides is 3. The number of nitro groups is 1. The molecule has 1 aliphatic heterocycles. The summed E-state index contributed by atoms with van der Waals surface area (Å²) < 4.78 is 71.4. The van der Waals surface area contributed by atoms with Crippen LogP contribution in [0.15, 0.2) is 18.3 Å². The molecule has 11 nitrogen and oxygen atoms in total. The molecule has 0 aliphatic carbocycles. The number of hydrogen-bond acceptors (Lipinski definition) is 8. The molecular weight excluding hydrogens is 473 g/mol. The van der Waals surface area contributed by atoms with E-state index in [1.54, 1.807) is 25.7 Å². The van der Waals surface area contributed by atoms with Crippen LogP contribution in [0.4, 0.5) is 23.7 Å². The molecule has 15 heteroatoms. The molecule has 2 heterocycles. The van der Waals surface area contributed by atoms with Crippen LogP contribution in [0.25, 0.3) is 10.9 Å². The number of hydrogen-bond donors (Lipinski definition) is 0. The van der Waals surface area contributed by atoms with E-state index >= 15 is 0 Å². The first-order valence-corrected chi connectivity index (χ1v) is 11.1. The number of rotatable bonds is 4. The lowest BCUT2D eigenvalue weighted by Gasteiger charge is -2.33. The van der Waals surface area contributed by atoms with Crippen LogP contribution in [-0.2, 0) is 14.9 Å². The van der Waals surface area contributed by atoms with Gasteiger partial charge >= 0.3 is 27.4 Å². The Hall–Kier alpha value is -3.10. The zero-order valence-corrected chi connectivity index (χ0v) is 18.6. The number of ether oxygens (including phenoxy) is 1. The Kier molecular flexibility index (Phi) is 6.21. The summed E-state index contributed by atoms with van der Waals surface area (Å²) in [7, 11) is -6.10. The minimum absolute atomic E-state index is 0.0162. The van der Waals surface area contributed by atoms with Crippen molar-refractivity contribution in [2.24, 2.45) is 0 Å². The van der Waals surface area contributed by atoms with Crippen LogP contribution in [0.3, 0.4) is 0 Å². The van der Waals surface area contributed by atoms with Gasteiger partial charge in [-0.25, -0.2) is 4.79 Å². The summed E-state index contributed by atoms with van der Waals surface area (Å²) in [5.74, 6) is -1.09. The molecule has 0 radical (unpaired) electrons. The van der Waals surface area contributed by atoms with Gasteiger partial charge in [0.25, 0.3) is 0 Å². The maximum atomic E-state index is 12.7. The van der Waals surface area contributed by atoms with Crippen LogP contribution in [0.1, 0.15) is 39.7 Å². The standard InChI is InChI=1S/C18H21F3N4O7S/c1-17(2,3)31-16(26)23-6-4-12(5-7-23)24-10-11-8-14(25(27)28)15(9-13(11)22-24)32-33(29,30)18(19,20)21/h8-10,12H,4-7H2,1-3H3. The zero-order chi connectivity index (χ0) is 24.8. The number of nitrogens with zero attached hydrogens (tertiary/aromatic N) is 4. The first-order valence-electron chi connectivity index (χ1n) is 9.73. The number of fused-ring (bicyclic) bond motifs is 1. The molecule has 33 heavy (non-hydrogen) atoms. The molecule has 1 aromatic heterocycles. The predicted octanol–water partition coefficient (Wildman–Crippen LogP) is 3.74. The average molecular weight is 494 g/mol. The normalized spacial score (nSPS) is 16.1. The van der Waals surface area contributed by atoms with Gasteiger partial charge in [-0.1, -0.05) is 0 Å². The SMILES string of the molecule is CC(C)(C)OC(=O)N1CCC(n2cc3cc([N+](=O)[O-])c(OS(=O)(=O)C(F)(F)F)cc3n2)CC1. The highest BCUT2D eigenvalue weighted by Gasteiger charge is 2.49. The molecule has 1 amide bonds. The Morgan fingerprint density at radius 2 is 1.82 bits per heavy atom. The van der Waals surface area contributed by atoms with Crippen molar-refractivity contribution >= 4 is 32.8 Å². The number of aromatic nitrogens is 2. The molecule has 0 unspecified atom stereocenters. The van der Waals surface area contributed by atoms with E-state index in [0.717, 1.165) is 12.1 Å². The molecule has 182 valence electrons. The maximum absolute atomic E-state index is 12.7. The Morgan fingerprint density at radius 1 is 1.21 bits per heavy atom. The van der Waals surface area contributed by atoms with Crippen molar-refractivity contribution < 1.29 is 40.2 Å². The largest absolute Gasteiger partial charge is 0.534 e. The summed E-state index contributed by atoms with van der Waals surface area (Å²) in [4.78, 5) is 24.0. The highest BCUT2D eigenvalue weighted by molar-refractivity contribution is 7.88. The molecule has 0 atom stereocenters. The van der Waals surface area contributed by atoms with E-state index in [4.69, 9.17) is 4.74 Å². The number of benzene rings is 1. The number of likely N-dealkylation sites (tertiary alicyclic amines) is 1. The lowest BCUT2D eigenvalue weighted by molar-refractivity contribution is -0.385. The molecule has 1 saturated heterocycles. The summed E-state index contributed by atoms with van der Waals surface area (Å²) >= 11 is 0. The van der Waals surface area contributed by atoms with E-state index in [9.17, 15) is 36.5 Å². The van der Waals surface area contributed by atoms with E-state index in [0.29, 0.717) is 25.9 Å². The monoisotopic (exact) mass is 494 g/mol. The summed E-state index contributed by atoms with van der Waals surface area (Å²) in [6.45, 7) is 6.00. The van der Waals surface area contributed by atoms with E-state index in [1.807, 2.05) is 0 Å². The lowest BCUT2D eigenvalue weighted by Crippen LogP contribution is -2.42. The van der Waals surface area contributed by atoms with Crippen LogP contribution >= 0.6 is 0 Å². The third kappa shape index (κ3) is 5.46. The first-order chi connectivity index (χ1) is 15.1. The molecule has 1 aliphatic rings. The third-order valence-electron chi connectivity index (χ3n) is 4.77. The van der Waals surface area contributed by atoms with Crippen molar-refractivity contribution in [3.63, 3.8) is 0 Å². The molecule has 0 N–H and O–H groups in total. The van der Waals surface area contributed by atoms with Gasteiger partial charge in [0.1, 0.15) is 5.60 Å². The zero-order valence-electron chi connectivity index (χ0n) is 17.8. The fraction of sp³-hybridized carbons (Fsp3) is 0.556. The molecule has 0 bridgehead atoms. The van der Waals surface area contributed by atoms with Crippen LogP contribution in [0, 0.1) is 10.1 Å². The molecule has 0 spiro atoms. The highest BCUT2D eigenvalue weighted by atomic mass is 32.2. The van der Waals surface area contributed by atoms with Gasteiger partial charge in [0, 0.05) is 36.8 Å². The van der Waals surface area contributed by atoms with Gasteiger partial charge in [0.05, 0.1) is 16.5 Å². The molecule has 3 rings (SSSR count). The Morgan fingerprint density at radius 3 is 2.33 bits per heavy atom. The summed E-state index contributed by atoms with van der Waals surface area (Å²) in [6.07, 6.45) is 2.00. The second kappa shape index (κ2) is 8.35. The van der Waals surface area contributed by atoms with Gasteiger partial charge in [-0.3, -0.25) is 14.8 Å². The quantitative estimate of drug-likeness (QED) is 0.272. The highest BCUT2D eigenvalue weighted by Crippen LogP contribution is 2.36. The number of carbonyl (C=O) groups excluding carboxylic acids is 1. The second-order valence-electron chi connectivity index (χ2n) is 8.43. The number of nitro benzene ring substituents is 1. The van der Waals surface area contributed by atoms with Crippen LogP contribution in [0.5, 0.6) is 5.75 Å². The van der Waals surface area contributed by atoms with Gasteiger partial charge in [0.2, 0.25) is 5.75 Å². The van der Waals surface area contributed by atoms with Crippen molar-refractivity contribution in [2.75, 3.05) is 13.1 Å². The van der Waals surface area contributed by atoms with Gasteiger partial charge in [-0.15, -0.1) is 0 Å². The van der Waals surface area contributed by atoms with Gasteiger partial charge in [0.15, 0.2) is 0 Å². The van der Waals surface area contributed by atoms with Gasteiger partial charge in [-0.05, 0) is 33.6 Å². The van der Waals surface area contributed by atoms with E-state index in [2.05, 4.69) is 9.28 Å². The number of carbonyl (C=O) groups is 1. The minimum atomic E-state index is -6.10. The molecule has 2 aromatic rings. The molecule has 0 saturated carbocycles. The van der Waals surface area contributed by atoms with Crippen molar-refractivity contribution in [3.8, 4) is 5.75 Å². The summed E-state index contributed by atoms with van der Waals surface area (Å²) in [5, 5.41) is 15.7. The van der Waals surface area contributed by atoms with E-state index in [1.165, 1.54) is 10.9 Å². The van der Waals surface area contributed by atoms with Crippen LogP contribution in [0.2, 0.25) is 0 Å². The smallest absolute Gasteiger partial charge is 0.444 e. The summed E-state index contributed by atoms with van der Waals surface area (Å²) in [5.41, 5.74) is -7.32. The van der Waals surface area contributed by atoms with Crippen LogP contribution < -0.4 is 4.18 Å². The van der Waals surface area contributed by atoms with E-state index in [-0.39, 0.29) is 16.9 Å². The number of halogens is 3. The van der Waals surface area contributed by atoms with Crippen molar-refractivity contribution in [1.82, 2.24) is 14.7 Å². The topological polar surface area (TPSA) is 134 Å². The third-order valence-corrected chi connectivity index (χ3v) is 5.74. The van der Waals surface area contributed by atoms with Crippen molar-refractivity contribution in [2.45, 2.75) is 50.8 Å². The lowest BCUT2D eigenvalue weighted by atomic mass is 10.1. The molecular formula is C18H21F3N4O7S. The van der Waals surface area contributed by atoms with Crippen molar-refractivity contribution in [1.29, 1.82) is 0 Å². The van der Waals surface area contributed by atoms with Crippen LogP contribution in [-0.4, -0.2) is 58.3 Å². The maximum Gasteiger partial charge on any atom is 0.534 e. The first kappa shape index (κ1) is 24.5. The fourth-order valence-corrected chi connectivity index (χ4v) is 3.73. The predicted molar refractivity (Wildman–Crippen MR) is 108 cm³/mol. The average Bonchev–Trinajstić information content (AvgIpc) is 3.07. The Balaban J connectivity index is 1.83. The fourth-order valence-electron chi connectivity index (χ4n) is 3.26. The Bertz CT molecular complexity index is 1180. The summed E-state index contributed by atoms with van der Waals surface area (Å²) in [6, 6.07) is 1.48. The molecule has 1 fully saturated rings. The second-order valence-corrected chi connectivity index (χ2v) is 9.96.